The fourth-order valence-electron chi connectivity index (χ4n) is 3.45. The monoisotopic (exact) mass is 542 g/mol. The number of nitrogens with zero attached hydrogens (tertiary/aromatic N) is 3. The first-order chi connectivity index (χ1) is 14.5. The molecule has 0 spiro atoms. The van der Waals surface area contributed by atoms with Crippen LogP contribution in [0.1, 0.15) is 19.4 Å². The van der Waals surface area contributed by atoms with Gasteiger partial charge in [-0.05, 0) is 42.7 Å². The van der Waals surface area contributed by atoms with Crippen LogP contribution in [-0.4, -0.2) is 48.6 Å². The average Bonchev–Trinajstić information content (AvgIpc) is 3.14. The van der Waals surface area contributed by atoms with Crippen LogP contribution < -0.4 is 10.1 Å². The molecule has 0 radical (unpaired) electrons. The van der Waals surface area contributed by atoms with Gasteiger partial charge in [-0.15, -0.1) is 24.0 Å². The Balaban J connectivity index is 0.00000341. The van der Waals surface area contributed by atoms with Crippen molar-refractivity contribution in [1.82, 2.24) is 15.2 Å². The van der Waals surface area contributed by atoms with E-state index in [4.69, 9.17) is 9.47 Å². The van der Waals surface area contributed by atoms with Crippen molar-refractivity contribution in [1.29, 1.82) is 0 Å². The number of rotatable bonds is 6. The number of carbonyl (C=O) groups is 1. The summed E-state index contributed by atoms with van der Waals surface area (Å²) in [4.78, 5) is 22.6. The van der Waals surface area contributed by atoms with Crippen molar-refractivity contribution in [3.63, 3.8) is 0 Å². The Kier molecular flexibility index (Phi) is 9.47. The van der Waals surface area contributed by atoms with E-state index in [0.717, 1.165) is 5.56 Å². The number of hydrogen-bond donors (Lipinski definition) is 1. The Morgan fingerprint density at radius 1 is 1.35 bits per heavy atom. The Labute approximate surface area is 199 Å². The molecule has 1 aliphatic rings. The Morgan fingerprint density at radius 2 is 2.16 bits per heavy atom. The van der Waals surface area contributed by atoms with Crippen molar-refractivity contribution < 1.29 is 18.7 Å². The highest BCUT2D eigenvalue weighted by molar-refractivity contribution is 14.0. The molecule has 9 heteroatoms. The maximum absolute atomic E-state index is 14.5. The molecule has 0 aliphatic carbocycles. The van der Waals surface area contributed by atoms with Crippen molar-refractivity contribution >= 4 is 35.9 Å². The van der Waals surface area contributed by atoms with Gasteiger partial charge in [0.25, 0.3) is 0 Å². The first kappa shape index (κ1) is 24.8. The van der Waals surface area contributed by atoms with E-state index >= 15 is 0 Å². The molecule has 7 nitrogen and oxygen atoms in total. The molecule has 2 aromatic rings. The zero-order valence-corrected chi connectivity index (χ0v) is 20.2. The second kappa shape index (κ2) is 11.8. The van der Waals surface area contributed by atoms with Crippen LogP contribution in [-0.2, 0) is 16.1 Å². The molecular weight excluding hydrogens is 514 g/mol. The van der Waals surface area contributed by atoms with Crippen LogP contribution >= 0.6 is 24.0 Å². The number of guanidine groups is 1. The number of halogens is 2. The second-order valence-corrected chi connectivity index (χ2v) is 7.24. The highest BCUT2D eigenvalue weighted by Crippen LogP contribution is 2.26. The van der Waals surface area contributed by atoms with Crippen LogP contribution in [0.5, 0.6) is 11.5 Å². The standard InChI is InChI=1S/C22H27FN4O3.HI/c1-4-25-22(27-13-15(2)18(14-27)21(28)29-3)26-11-16-7-8-20(19(23)10-16)30-17-6-5-9-24-12-17;/h5-10,12,15,18H,4,11,13-14H2,1-3H3,(H,25,26);1H. The number of aromatic nitrogens is 1. The van der Waals surface area contributed by atoms with Gasteiger partial charge in [-0.2, -0.15) is 0 Å². The van der Waals surface area contributed by atoms with Crippen LogP contribution in [0.4, 0.5) is 4.39 Å². The molecule has 2 atom stereocenters. The number of esters is 1. The summed E-state index contributed by atoms with van der Waals surface area (Å²) >= 11 is 0. The van der Waals surface area contributed by atoms with Gasteiger partial charge in [-0.3, -0.25) is 9.78 Å². The maximum Gasteiger partial charge on any atom is 0.310 e. The summed E-state index contributed by atoms with van der Waals surface area (Å²) < 4.78 is 24.9. The normalized spacial score (nSPS) is 18.3. The van der Waals surface area contributed by atoms with Crippen LogP contribution in [0.15, 0.2) is 47.7 Å². The minimum Gasteiger partial charge on any atom is -0.469 e. The smallest absolute Gasteiger partial charge is 0.310 e. The van der Waals surface area contributed by atoms with Crippen molar-refractivity contribution in [2.24, 2.45) is 16.8 Å². The molecule has 1 saturated heterocycles. The number of likely N-dealkylation sites (tertiary alicyclic amines) is 1. The van der Waals surface area contributed by atoms with Gasteiger partial charge in [-0.25, -0.2) is 9.38 Å². The van der Waals surface area contributed by atoms with E-state index in [1.54, 1.807) is 30.5 Å². The molecule has 0 amide bonds. The molecule has 3 rings (SSSR count). The molecule has 0 saturated carbocycles. The lowest BCUT2D eigenvalue weighted by atomic mass is 9.99. The fraction of sp³-hybridized carbons (Fsp3) is 0.409. The molecule has 1 aromatic carbocycles. The summed E-state index contributed by atoms with van der Waals surface area (Å²) in [6.45, 7) is 6.27. The maximum atomic E-state index is 14.5. The fourth-order valence-corrected chi connectivity index (χ4v) is 3.45. The molecule has 1 fully saturated rings. The summed E-state index contributed by atoms with van der Waals surface area (Å²) in [6, 6.07) is 8.23. The van der Waals surface area contributed by atoms with Crippen LogP contribution in [0.25, 0.3) is 0 Å². The van der Waals surface area contributed by atoms with Gasteiger partial charge in [0, 0.05) is 25.8 Å². The first-order valence-corrected chi connectivity index (χ1v) is 9.99. The molecule has 31 heavy (non-hydrogen) atoms. The van der Waals surface area contributed by atoms with Crippen molar-refractivity contribution in [3.05, 3.63) is 54.1 Å². The predicted molar refractivity (Wildman–Crippen MR) is 127 cm³/mol. The summed E-state index contributed by atoms with van der Waals surface area (Å²) in [5.74, 6) is 0.635. The Hall–Kier alpha value is -2.43. The highest BCUT2D eigenvalue weighted by Gasteiger charge is 2.36. The topological polar surface area (TPSA) is 76.1 Å². The van der Waals surface area contributed by atoms with Crippen molar-refractivity contribution in [2.75, 3.05) is 26.7 Å². The molecule has 2 unspecified atom stereocenters. The van der Waals surface area contributed by atoms with Crippen molar-refractivity contribution in [2.45, 2.75) is 20.4 Å². The van der Waals surface area contributed by atoms with Crippen LogP contribution in [0.3, 0.4) is 0 Å². The van der Waals surface area contributed by atoms with E-state index in [2.05, 4.69) is 15.3 Å². The first-order valence-electron chi connectivity index (χ1n) is 9.99. The largest absolute Gasteiger partial charge is 0.469 e. The van der Waals surface area contributed by atoms with Gasteiger partial charge < -0.3 is 19.7 Å². The van der Waals surface area contributed by atoms with E-state index in [-0.39, 0.29) is 47.5 Å². The molecule has 1 aromatic heterocycles. The SMILES string of the molecule is CCNC(=NCc1ccc(Oc2cccnc2)c(F)c1)N1CC(C)C(C(=O)OC)C1.I. The molecule has 1 aliphatic heterocycles. The summed E-state index contributed by atoms with van der Waals surface area (Å²) in [5.41, 5.74) is 0.721. The van der Waals surface area contributed by atoms with Crippen molar-refractivity contribution in [3.8, 4) is 11.5 Å². The third kappa shape index (κ3) is 6.52. The molecular formula is C22H28FIN4O3. The number of methoxy groups -OCH3 is 1. The number of nitrogens with one attached hydrogen (secondary N) is 1. The summed E-state index contributed by atoms with van der Waals surface area (Å²) in [6.07, 6.45) is 3.15. The quantitative estimate of drug-likeness (QED) is 0.259. The van der Waals surface area contributed by atoms with Gasteiger partial charge in [0.2, 0.25) is 0 Å². The van der Waals surface area contributed by atoms with E-state index in [0.29, 0.717) is 37.9 Å². The lowest BCUT2D eigenvalue weighted by Gasteiger charge is -2.21. The predicted octanol–water partition coefficient (Wildman–Crippen LogP) is 3.84. The lowest BCUT2D eigenvalue weighted by molar-refractivity contribution is -0.145. The summed E-state index contributed by atoms with van der Waals surface area (Å²) in [7, 11) is 1.41. The number of hydrogen-bond acceptors (Lipinski definition) is 5. The summed E-state index contributed by atoms with van der Waals surface area (Å²) in [5, 5.41) is 3.25. The molecule has 0 bridgehead atoms. The zero-order chi connectivity index (χ0) is 21.5. The van der Waals surface area contributed by atoms with E-state index in [1.165, 1.54) is 19.4 Å². The van der Waals surface area contributed by atoms with Gasteiger partial charge in [-0.1, -0.05) is 13.0 Å². The van der Waals surface area contributed by atoms with E-state index in [1.807, 2.05) is 18.7 Å². The Bertz CT molecular complexity index is 898. The minimum atomic E-state index is -0.461. The van der Waals surface area contributed by atoms with Gasteiger partial charge in [0.15, 0.2) is 17.5 Å². The number of pyridine rings is 1. The number of carbonyl (C=O) groups excluding carboxylic acids is 1. The van der Waals surface area contributed by atoms with Gasteiger partial charge >= 0.3 is 5.97 Å². The van der Waals surface area contributed by atoms with Gasteiger partial charge in [0.1, 0.15) is 5.75 Å². The highest BCUT2D eigenvalue weighted by atomic mass is 127. The second-order valence-electron chi connectivity index (χ2n) is 7.24. The molecule has 1 N–H and O–H groups in total. The van der Waals surface area contributed by atoms with E-state index < -0.39 is 5.82 Å². The number of benzene rings is 1. The average molecular weight is 542 g/mol. The number of aliphatic imine (C=N–C) groups is 1. The number of ether oxygens (including phenoxy) is 2. The van der Waals surface area contributed by atoms with Gasteiger partial charge in [0.05, 0.1) is 25.8 Å². The Morgan fingerprint density at radius 3 is 2.81 bits per heavy atom. The minimum absolute atomic E-state index is 0. The van der Waals surface area contributed by atoms with E-state index in [9.17, 15) is 9.18 Å². The van der Waals surface area contributed by atoms with Crippen LogP contribution in [0.2, 0.25) is 0 Å². The molecule has 2 heterocycles. The van der Waals surface area contributed by atoms with Crippen LogP contribution in [0, 0.1) is 17.7 Å². The third-order valence-corrected chi connectivity index (χ3v) is 5.02. The molecule has 168 valence electrons. The third-order valence-electron chi connectivity index (χ3n) is 5.02. The zero-order valence-electron chi connectivity index (χ0n) is 17.9. The lowest BCUT2D eigenvalue weighted by Crippen LogP contribution is -2.40.